The van der Waals surface area contributed by atoms with E-state index in [4.69, 9.17) is 0 Å². The number of benzene rings is 1. The zero-order valence-electron chi connectivity index (χ0n) is 15.0. The highest BCUT2D eigenvalue weighted by atomic mass is 16.1. The maximum Gasteiger partial charge on any atom is 0.220 e. The highest BCUT2D eigenvalue weighted by molar-refractivity contribution is 5.76. The fraction of sp³-hybridized carbons (Fsp3) is 0.650. The number of likely N-dealkylation sites (tertiary alicyclic amines) is 1. The third-order valence-electron chi connectivity index (χ3n) is 5.00. The van der Waals surface area contributed by atoms with Crippen molar-refractivity contribution < 1.29 is 4.79 Å². The Morgan fingerprint density at radius 3 is 2.30 bits per heavy atom. The van der Waals surface area contributed by atoms with Crippen LogP contribution in [0.5, 0.6) is 0 Å². The van der Waals surface area contributed by atoms with E-state index in [-0.39, 0.29) is 11.4 Å². The number of carbonyl (C=O) groups excluding carboxylic acids is 1. The molecule has 3 nitrogen and oxygen atoms in total. The Hall–Kier alpha value is -1.35. The lowest BCUT2D eigenvalue weighted by molar-refractivity contribution is -0.121. The van der Waals surface area contributed by atoms with Gasteiger partial charge in [-0.15, -0.1) is 0 Å². The summed E-state index contributed by atoms with van der Waals surface area (Å²) < 4.78 is 0. The van der Waals surface area contributed by atoms with Gasteiger partial charge in [0.05, 0.1) is 0 Å². The third kappa shape index (κ3) is 5.65. The van der Waals surface area contributed by atoms with Gasteiger partial charge in [-0.2, -0.15) is 0 Å². The molecule has 0 saturated carbocycles. The summed E-state index contributed by atoms with van der Waals surface area (Å²) in [7, 11) is 0. The van der Waals surface area contributed by atoms with Crippen molar-refractivity contribution in [3.63, 3.8) is 0 Å². The number of nitrogens with zero attached hydrogens (tertiary/aromatic N) is 1. The first-order valence-electron chi connectivity index (χ1n) is 9.11. The highest BCUT2D eigenvalue weighted by Crippen LogP contribution is 2.19. The molecule has 0 spiro atoms. The average molecular weight is 316 g/mol. The number of rotatable bonds is 7. The summed E-state index contributed by atoms with van der Waals surface area (Å²) in [6.07, 6.45) is 6.36. The summed E-state index contributed by atoms with van der Waals surface area (Å²) >= 11 is 0. The Balaban J connectivity index is 1.73. The summed E-state index contributed by atoms with van der Waals surface area (Å²) in [6.45, 7) is 9.69. The van der Waals surface area contributed by atoms with Gasteiger partial charge in [0.2, 0.25) is 5.91 Å². The van der Waals surface area contributed by atoms with Crippen molar-refractivity contribution in [3.05, 3.63) is 35.4 Å². The van der Waals surface area contributed by atoms with Gasteiger partial charge in [-0.3, -0.25) is 9.69 Å². The molecule has 0 bridgehead atoms. The lowest BCUT2D eigenvalue weighted by Gasteiger charge is -2.41. The number of hydrogen-bond acceptors (Lipinski definition) is 2. The maximum atomic E-state index is 12.1. The Kier molecular flexibility index (Phi) is 6.64. The first-order valence-corrected chi connectivity index (χ1v) is 9.11. The molecule has 1 amide bonds. The van der Waals surface area contributed by atoms with Gasteiger partial charge >= 0.3 is 0 Å². The van der Waals surface area contributed by atoms with Crippen LogP contribution in [0, 0.1) is 0 Å². The second-order valence-electron chi connectivity index (χ2n) is 7.31. The second-order valence-corrected chi connectivity index (χ2v) is 7.31. The van der Waals surface area contributed by atoms with Crippen LogP contribution in [0.4, 0.5) is 0 Å². The summed E-state index contributed by atoms with van der Waals surface area (Å²) in [4.78, 5) is 14.7. The van der Waals surface area contributed by atoms with Crippen LogP contribution in [0.1, 0.15) is 57.6 Å². The van der Waals surface area contributed by atoms with Gasteiger partial charge < -0.3 is 5.32 Å². The molecular weight excluding hydrogens is 284 g/mol. The van der Waals surface area contributed by atoms with Crippen LogP contribution in [0.2, 0.25) is 0 Å². The van der Waals surface area contributed by atoms with Crippen LogP contribution < -0.4 is 5.32 Å². The van der Waals surface area contributed by atoms with E-state index in [2.05, 4.69) is 55.3 Å². The Labute approximate surface area is 141 Å². The van der Waals surface area contributed by atoms with Gasteiger partial charge in [-0.05, 0) is 63.7 Å². The number of nitrogens with one attached hydrogen (secondary N) is 1. The minimum atomic E-state index is 0.0544. The van der Waals surface area contributed by atoms with Gasteiger partial charge in [-0.1, -0.05) is 37.6 Å². The number of aryl methyl sites for hydroxylation is 2. The summed E-state index contributed by atoms with van der Waals surface area (Å²) in [6, 6.07) is 8.60. The molecule has 0 unspecified atom stereocenters. The summed E-state index contributed by atoms with van der Waals surface area (Å²) in [5.74, 6) is 0.162. The van der Waals surface area contributed by atoms with E-state index in [1.807, 2.05) is 0 Å². The van der Waals surface area contributed by atoms with E-state index >= 15 is 0 Å². The van der Waals surface area contributed by atoms with Gasteiger partial charge in [0.25, 0.3) is 0 Å². The minimum absolute atomic E-state index is 0.0544. The standard InChI is InChI=1S/C20H32N2O/c1-4-17-8-10-18(11-9-17)12-13-19(23)21-16-20(2,3)22-14-6-5-7-15-22/h8-11H,4-7,12-16H2,1-3H3,(H,21,23). The molecule has 2 rings (SSSR count). The van der Waals surface area contributed by atoms with Crippen LogP contribution in [-0.2, 0) is 17.6 Å². The molecule has 1 heterocycles. The lowest BCUT2D eigenvalue weighted by atomic mass is 9.98. The average Bonchev–Trinajstić information content (AvgIpc) is 2.59. The first-order chi connectivity index (χ1) is 11.0. The second kappa shape index (κ2) is 8.49. The van der Waals surface area contributed by atoms with Crippen molar-refractivity contribution in [2.75, 3.05) is 19.6 Å². The number of amides is 1. The molecule has 0 aliphatic carbocycles. The molecule has 23 heavy (non-hydrogen) atoms. The van der Waals surface area contributed by atoms with E-state index in [1.165, 1.54) is 30.4 Å². The molecule has 0 radical (unpaired) electrons. The largest absolute Gasteiger partial charge is 0.354 e. The molecule has 128 valence electrons. The van der Waals surface area contributed by atoms with E-state index in [1.54, 1.807) is 0 Å². The normalized spacial score (nSPS) is 16.3. The molecule has 1 aliphatic heterocycles. The fourth-order valence-corrected chi connectivity index (χ4v) is 3.21. The Bertz CT molecular complexity index is 487. The molecule has 0 atom stereocenters. The smallest absolute Gasteiger partial charge is 0.220 e. The van der Waals surface area contributed by atoms with Gasteiger partial charge in [0.15, 0.2) is 0 Å². The zero-order valence-corrected chi connectivity index (χ0v) is 15.0. The van der Waals surface area contributed by atoms with Crippen LogP contribution in [0.3, 0.4) is 0 Å². The van der Waals surface area contributed by atoms with Crippen molar-refractivity contribution in [1.29, 1.82) is 0 Å². The van der Waals surface area contributed by atoms with Gasteiger partial charge in [0, 0.05) is 18.5 Å². The van der Waals surface area contributed by atoms with Crippen LogP contribution >= 0.6 is 0 Å². The summed E-state index contributed by atoms with van der Waals surface area (Å²) in [5.41, 5.74) is 2.65. The topological polar surface area (TPSA) is 32.3 Å². The number of piperidine rings is 1. The molecule has 1 saturated heterocycles. The molecule has 1 aliphatic rings. The summed E-state index contributed by atoms with van der Waals surface area (Å²) in [5, 5.41) is 3.13. The fourth-order valence-electron chi connectivity index (χ4n) is 3.21. The monoisotopic (exact) mass is 316 g/mol. The van der Waals surface area contributed by atoms with E-state index < -0.39 is 0 Å². The van der Waals surface area contributed by atoms with Crippen LogP contribution in [-0.4, -0.2) is 36.0 Å². The van der Waals surface area contributed by atoms with Crippen molar-refractivity contribution >= 4 is 5.91 Å². The minimum Gasteiger partial charge on any atom is -0.354 e. The quantitative estimate of drug-likeness (QED) is 0.834. The lowest BCUT2D eigenvalue weighted by Crippen LogP contribution is -2.53. The van der Waals surface area contributed by atoms with E-state index in [0.717, 1.165) is 32.5 Å². The highest BCUT2D eigenvalue weighted by Gasteiger charge is 2.28. The Morgan fingerprint density at radius 1 is 1.09 bits per heavy atom. The van der Waals surface area contributed by atoms with Crippen molar-refractivity contribution in [3.8, 4) is 0 Å². The third-order valence-corrected chi connectivity index (χ3v) is 5.00. The van der Waals surface area contributed by atoms with Crippen molar-refractivity contribution in [2.24, 2.45) is 0 Å². The van der Waals surface area contributed by atoms with E-state index in [0.29, 0.717) is 6.42 Å². The molecule has 0 aromatic heterocycles. The first kappa shape index (κ1) is 18.0. The number of carbonyl (C=O) groups is 1. The van der Waals surface area contributed by atoms with Crippen LogP contribution in [0.25, 0.3) is 0 Å². The van der Waals surface area contributed by atoms with Crippen LogP contribution in [0.15, 0.2) is 24.3 Å². The molecule has 1 fully saturated rings. The molecule has 3 heteroatoms. The SMILES string of the molecule is CCc1ccc(CCC(=O)NCC(C)(C)N2CCCCC2)cc1. The van der Waals surface area contributed by atoms with Gasteiger partial charge in [-0.25, -0.2) is 0 Å². The van der Waals surface area contributed by atoms with Crippen molar-refractivity contribution in [1.82, 2.24) is 10.2 Å². The number of hydrogen-bond donors (Lipinski definition) is 1. The zero-order chi connectivity index (χ0) is 16.7. The molecule has 1 aromatic carbocycles. The molecular formula is C20H32N2O. The predicted octanol–water partition coefficient (Wildman–Crippen LogP) is 3.56. The van der Waals surface area contributed by atoms with Gasteiger partial charge in [0.1, 0.15) is 0 Å². The predicted molar refractivity (Wildman–Crippen MR) is 96.7 cm³/mol. The maximum absolute atomic E-state index is 12.1. The Morgan fingerprint density at radius 2 is 1.70 bits per heavy atom. The molecule has 1 N–H and O–H groups in total. The van der Waals surface area contributed by atoms with E-state index in [9.17, 15) is 4.79 Å². The molecule has 1 aromatic rings. The van der Waals surface area contributed by atoms with Crippen molar-refractivity contribution in [2.45, 2.75) is 64.8 Å².